The number of imidazole rings is 2. The highest BCUT2D eigenvalue weighted by molar-refractivity contribution is 6.04. The zero-order valence-electron chi connectivity index (χ0n) is 41.1. The number of carboxylic acid groups (broad SMARTS) is 1. The lowest BCUT2D eigenvalue weighted by atomic mass is 9.85. The maximum Gasteiger partial charge on any atom is 0.300 e. The molecule has 0 bridgehead atoms. The van der Waals surface area contributed by atoms with Crippen molar-refractivity contribution < 1.29 is 14.7 Å². The minimum absolute atomic E-state index is 0.0372. The lowest BCUT2D eigenvalue weighted by molar-refractivity contribution is -0.134. The highest BCUT2D eigenvalue weighted by Gasteiger charge is 2.31. The van der Waals surface area contributed by atoms with Gasteiger partial charge in [-0.1, -0.05) is 27.7 Å². The van der Waals surface area contributed by atoms with Crippen LogP contribution in [0.3, 0.4) is 0 Å². The van der Waals surface area contributed by atoms with Crippen molar-refractivity contribution in [3.05, 3.63) is 77.2 Å². The number of carbonyl (C=O) groups excluding carboxylic acids is 1. The number of aliphatic imine (C=N–C) groups is 1. The molecule has 2 aliphatic carbocycles. The average molecular weight is 936 g/mol. The summed E-state index contributed by atoms with van der Waals surface area (Å²) < 4.78 is 5.74. The number of aromatic nitrogens is 14. The summed E-state index contributed by atoms with van der Waals surface area (Å²) in [6.45, 7) is 21.6. The monoisotopic (exact) mass is 936 g/mol. The first kappa shape index (κ1) is 48.1. The Labute approximate surface area is 400 Å². The molecule has 3 aliphatic rings. The topological polar surface area (TPSA) is 247 Å². The summed E-state index contributed by atoms with van der Waals surface area (Å²) in [5, 5.41) is 19.3. The van der Waals surface area contributed by atoms with Crippen molar-refractivity contribution in [3.63, 3.8) is 0 Å². The second kappa shape index (κ2) is 20.5. The van der Waals surface area contributed by atoms with Gasteiger partial charge in [0.05, 0.1) is 29.1 Å². The summed E-state index contributed by atoms with van der Waals surface area (Å²) in [6.07, 6.45) is 16.0. The minimum Gasteiger partial charge on any atom is -0.481 e. The van der Waals surface area contributed by atoms with E-state index in [0.717, 1.165) is 132 Å². The SMILES string of the molecule is CC(=O)O.CCn1c(-c2cnc(C)nc2)nc2c(NC3CCC4=C(C3)C(C(C)C)=NC4)ncnc21.CCn1c(-c2cnc(C)nc2)nc2c(NC3CCc4c(c(C(C)C)nn4C(C)=O)C3)ncnc21. The lowest BCUT2D eigenvalue weighted by Gasteiger charge is -2.26. The Kier molecular flexibility index (Phi) is 14.3. The van der Waals surface area contributed by atoms with Gasteiger partial charge in [-0.2, -0.15) is 5.10 Å². The quantitative estimate of drug-likeness (QED) is 0.119. The molecule has 2 unspecified atom stereocenters. The van der Waals surface area contributed by atoms with Gasteiger partial charge in [-0.3, -0.25) is 14.6 Å². The van der Waals surface area contributed by atoms with E-state index in [4.69, 9.17) is 24.9 Å². The maximum atomic E-state index is 12.1. The average Bonchev–Trinajstić information content (AvgIpc) is 4.11. The maximum absolute atomic E-state index is 12.1. The van der Waals surface area contributed by atoms with E-state index in [1.807, 2.05) is 26.2 Å². The number of carboxylic acids is 1. The molecule has 10 rings (SSSR count). The molecule has 7 aromatic heterocycles. The third-order valence-electron chi connectivity index (χ3n) is 12.6. The molecule has 0 amide bonds. The van der Waals surface area contributed by atoms with Crippen LogP contribution in [0.1, 0.15) is 120 Å². The van der Waals surface area contributed by atoms with Crippen LogP contribution < -0.4 is 10.6 Å². The number of nitrogens with one attached hydrogen (secondary N) is 2. The van der Waals surface area contributed by atoms with E-state index in [2.05, 4.69) is 106 Å². The number of nitrogens with zero attached hydrogens (tertiary/aromatic N) is 15. The Bertz CT molecular complexity index is 3070. The second-order valence-electron chi connectivity index (χ2n) is 18.2. The van der Waals surface area contributed by atoms with Crippen LogP contribution in [0.5, 0.6) is 0 Å². The van der Waals surface area contributed by atoms with E-state index >= 15 is 0 Å². The molecule has 0 radical (unpaired) electrons. The Morgan fingerprint density at radius 1 is 0.710 bits per heavy atom. The van der Waals surface area contributed by atoms with Gasteiger partial charge in [-0.15, -0.1) is 0 Å². The summed E-state index contributed by atoms with van der Waals surface area (Å²) in [7, 11) is 0. The van der Waals surface area contributed by atoms with Crippen LogP contribution in [0.25, 0.3) is 45.1 Å². The van der Waals surface area contributed by atoms with Gasteiger partial charge in [0.2, 0.25) is 5.91 Å². The minimum atomic E-state index is -0.833. The van der Waals surface area contributed by atoms with Gasteiger partial charge in [-0.25, -0.2) is 54.5 Å². The summed E-state index contributed by atoms with van der Waals surface area (Å²) in [4.78, 5) is 71.2. The third kappa shape index (κ3) is 10.1. The third-order valence-corrected chi connectivity index (χ3v) is 12.6. The van der Waals surface area contributed by atoms with E-state index in [9.17, 15) is 4.79 Å². The number of hydrogen-bond acceptors (Lipinski definition) is 16. The molecule has 0 fully saturated rings. The van der Waals surface area contributed by atoms with Crippen molar-refractivity contribution >= 4 is 51.6 Å². The number of rotatable bonds is 10. The molecule has 0 spiro atoms. The summed E-state index contributed by atoms with van der Waals surface area (Å²) in [6, 6.07) is 0.475. The van der Waals surface area contributed by atoms with Crippen molar-refractivity contribution in [2.24, 2.45) is 10.9 Å². The van der Waals surface area contributed by atoms with Gasteiger partial charge in [-0.05, 0) is 94.8 Å². The van der Waals surface area contributed by atoms with Gasteiger partial charge in [0.15, 0.2) is 34.0 Å². The number of anilines is 2. The zero-order valence-corrected chi connectivity index (χ0v) is 41.1. The van der Waals surface area contributed by atoms with E-state index in [0.29, 0.717) is 24.3 Å². The summed E-state index contributed by atoms with van der Waals surface area (Å²) >= 11 is 0. The number of carbonyl (C=O) groups is 2. The number of aliphatic carboxylic acids is 1. The van der Waals surface area contributed by atoms with Crippen molar-refractivity contribution in [2.45, 2.75) is 139 Å². The van der Waals surface area contributed by atoms with Gasteiger partial charge >= 0.3 is 0 Å². The zero-order chi connectivity index (χ0) is 49.1. The van der Waals surface area contributed by atoms with Crippen molar-refractivity contribution in [1.29, 1.82) is 0 Å². The fourth-order valence-corrected chi connectivity index (χ4v) is 9.40. The largest absolute Gasteiger partial charge is 0.481 e. The van der Waals surface area contributed by atoms with Crippen molar-refractivity contribution in [2.75, 3.05) is 17.2 Å². The molecular formula is C49H61N17O3. The van der Waals surface area contributed by atoms with Crippen LogP contribution in [0.2, 0.25) is 0 Å². The van der Waals surface area contributed by atoms with Gasteiger partial charge in [0, 0.05) is 69.5 Å². The first-order valence-corrected chi connectivity index (χ1v) is 23.8. The molecule has 0 saturated carbocycles. The van der Waals surface area contributed by atoms with Crippen LogP contribution in [-0.4, -0.2) is 110 Å². The number of fused-ring (bicyclic) bond motifs is 3. The Hall–Kier alpha value is -7.38. The molecule has 3 N–H and O–H groups in total. The van der Waals surface area contributed by atoms with Gasteiger partial charge < -0.3 is 24.9 Å². The predicted molar refractivity (Wildman–Crippen MR) is 264 cm³/mol. The van der Waals surface area contributed by atoms with Gasteiger partial charge in [0.1, 0.15) is 36.0 Å². The number of aryl methyl sites for hydroxylation is 4. The van der Waals surface area contributed by atoms with E-state index < -0.39 is 5.97 Å². The molecule has 8 heterocycles. The standard InChI is InChI=1S/C24H29N9O.C23H28N8.C2H4O2/c1-6-32-23(16-10-25-14(4)26-11-16)30-21-22(27-12-28-24(21)32)29-17-7-8-19-18(9-17)20(13(2)3)31-33(19)15(5)34;1-5-31-22(16-10-24-14(4)25-11-16)30-20-21(27-12-28-23(20)31)29-17-7-6-15-9-26-19(13(2)3)18(15)8-17;1-2(3)4/h10-13,17H,6-9H2,1-5H3,(H,27,28,29);10-13,17H,5-9H2,1-4H3,(H,27,28,29);1H3,(H,3,4). The smallest absolute Gasteiger partial charge is 0.300 e. The molecule has 0 aromatic carbocycles. The first-order valence-electron chi connectivity index (χ1n) is 23.8. The van der Waals surface area contributed by atoms with E-state index in [-0.39, 0.29) is 17.9 Å². The molecule has 360 valence electrons. The van der Waals surface area contributed by atoms with Gasteiger partial charge in [0.25, 0.3) is 5.97 Å². The number of hydrogen-bond donors (Lipinski definition) is 3. The van der Waals surface area contributed by atoms with Crippen LogP contribution in [0, 0.1) is 19.8 Å². The van der Waals surface area contributed by atoms with Crippen LogP contribution in [-0.2, 0) is 30.7 Å². The normalized spacial score (nSPS) is 16.4. The molecule has 7 aromatic rings. The Morgan fingerprint density at radius 2 is 1.20 bits per heavy atom. The summed E-state index contributed by atoms with van der Waals surface area (Å²) in [5.41, 5.74) is 12.3. The highest BCUT2D eigenvalue weighted by atomic mass is 16.4. The Balaban J connectivity index is 0.000000173. The molecule has 69 heavy (non-hydrogen) atoms. The predicted octanol–water partition coefficient (Wildman–Crippen LogP) is 7.64. The van der Waals surface area contributed by atoms with Crippen molar-refractivity contribution in [1.82, 2.24) is 68.8 Å². The van der Waals surface area contributed by atoms with Crippen molar-refractivity contribution in [3.8, 4) is 22.8 Å². The summed E-state index contributed by atoms with van der Waals surface area (Å²) in [5.74, 6) is 4.41. The fraction of sp³-hybridized carbons (Fsp3) is 0.469. The van der Waals surface area contributed by atoms with E-state index in [1.54, 1.807) is 36.7 Å². The Morgan fingerprint density at radius 3 is 1.67 bits per heavy atom. The van der Waals surface area contributed by atoms with Crippen LogP contribution in [0.15, 0.2) is 53.6 Å². The molecule has 1 aliphatic heterocycles. The molecule has 0 saturated heterocycles. The van der Waals surface area contributed by atoms with E-state index in [1.165, 1.54) is 22.4 Å². The molecular weight excluding hydrogens is 875 g/mol. The van der Waals surface area contributed by atoms with Crippen LogP contribution in [0.4, 0.5) is 11.6 Å². The molecule has 20 heteroatoms. The molecule has 20 nitrogen and oxygen atoms in total. The highest BCUT2D eigenvalue weighted by Crippen LogP contribution is 2.36. The van der Waals surface area contributed by atoms with Crippen LogP contribution >= 0.6 is 0 Å². The fourth-order valence-electron chi connectivity index (χ4n) is 9.40. The molecule has 2 atom stereocenters. The second-order valence-corrected chi connectivity index (χ2v) is 18.2. The lowest BCUT2D eigenvalue weighted by Crippen LogP contribution is -2.29. The first-order chi connectivity index (χ1) is 33.1.